The second-order valence-corrected chi connectivity index (χ2v) is 12.4. The van der Waals surface area contributed by atoms with Crippen molar-refractivity contribution in [3.8, 4) is 11.8 Å². The van der Waals surface area contributed by atoms with Crippen LogP contribution in [0.1, 0.15) is 87.2 Å². The minimum atomic E-state index is -0.673. The van der Waals surface area contributed by atoms with E-state index in [2.05, 4.69) is 18.8 Å². The van der Waals surface area contributed by atoms with Gasteiger partial charge in [0.05, 0.1) is 24.3 Å². The molecular weight excluding hydrogens is 488 g/mol. The molecule has 0 spiro atoms. The largest absolute Gasteiger partial charge is 0.465 e. The summed E-state index contributed by atoms with van der Waals surface area (Å²) in [6, 6.07) is 1.13. The van der Waals surface area contributed by atoms with Crippen molar-refractivity contribution in [1.29, 1.82) is 0 Å². The Bertz CT molecular complexity index is 1020. The number of nitrogens with zero attached hydrogens (tertiary/aromatic N) is 2. The molecule has 2 aliphatic rings. The smallest absolute Gasteiger partial charge is 0.350 e. The zero-order chi connectivity index (χ0) is 27.2. The van der Waals surface area contributed by atoms with E-state index in [1.54, 1.807) is 23.0 Å². The molecule has 1 atom stereocenters. The van der Waals surface area contributed by atoms with Crippen LogP contribution >= 0.6 is 11.3 Å². The summed E-state index contributed by atoms with van der Waals surface area (Å²) in [5.74, 6) is 6.14. The van der Waals surface area contributed by atoms with Crippen LogP contribution in [0.5, 0.6) is 0 Å². The summed E-state index contributed by atoms with van der Waals surface area (Å²) < 4.78 is 10.4. The van der Waals surface area contributed by atoms with E-state index in [4.69, 9.17) is 9.47 Å². The lowest BCUT2D eigenvalue weighted by Crippen LogP contribution is -2.53. The highest BCUT2D eigenvalue weighted by molar-refractivity contribution is 7.15. The van der Waals surface area contributed by atoms with Gasteiger partial charge in [-0.2, -0.15) is 0 Å². The van der Waals surface area contributed by atoms with Crippen molar-refractivity contribution < 1.29 is 23.9 Å². The van der Waals surface area contributed by atoms with Crippen LogP contribution in [0, 0.1) is 29.1 Å². The van der Waals surface area contributed by atoms with Gasteiger partial charge in [-0.05, 0) is 77.7 Å². The van der Waals surface area contributed by atoms with Gasteiger partial charge in [-0.15, -0.1) is 11.3 Å². The molecule has 0 bridgehead atoms. The molecule has 7 nitrogen and oxygen atoms in total. The van der Waals surface area contributed by atoms with Crippen molar-refractivity contribution in [2.75, 3.05) is 38.8 Å². The van der Waals surface area contributed by atoms with Crippen LogP contribution < -0.4 is 4.90 Å². The van der Waals surface area contributed by atoms with E-state index in [0.717, 1.165) is 38.5 Å². The Morgan fingerprint density at radius 2 is 1.84 bits per heavy atom. The minimum Gasteiger partial charge on any atom is -0.465 e. The highest BCUT2D eigenvalue weighted by atomic mass is 32.1. The Hall–Kier alpha value is -2.37. The molecule has 0 radical (unpaired) electrons. The van der Waals surface area contributed by atoms with Crippen LogP contribution in [0.15, 0.2) is 6.07 Å². The molecule has 2 heterocycles. The summed E-state index contributed by atoms with van der Waals surface area (Å²) in [7, 11) is 2.96. The van der Waals surface area contributed by atoms with Gasteiger partial charge < -0.3 is 14.4 Å². The van der Waals surface area contributed by atoms with Gasteiger partial charge in [0.2, 0.25) is 11.8 Å². The predicted molar refractivity (Wildman–Crippen MR) is 147 cm³/mol. The van der Waals surface area contributed by atoms with Crippen molar-refractivity contribution in [1.82, 2.24) is 4.90 Å². The van der Waals surface area contributed by atoms with E-state index in [0.29, 0.717) is 47.5 Å². The number of hydrogen-bond donors (Lipinski definition) is 0. The lowest BCUT2D eigenvalue weighted by molar-refractivity contribution is -0.135. The normalized spacial score (nSPS) is 22.6. The Kier molecular flexibility index (Phi) is 10.2. The van der Waals surface area contributed by atoms with Gasteiger partial charge in [0.25, 0.3) is 0 Å². The van der Waals surface area contributed by atoms with Crippen LogP contribution in [0.25, 0.3) is 0 Å². The zero-order valence-corrected chi connectivity index (χ0v) is 24.0. The summed E-state index contributed by atoms with van der Waals surface area (Å²) in [6.45, 7) is 9.83. The molecule has 204 valence electrons. The molecule has 8 heteroatoms. The number of thiophene rings is 1. The Balaban J connectivity index is 2.11. The van der Waals surface area contributed by atoms with Crippen molar-refractivity contribution in [2.24, 2.45) is 17.3 Å². The first-order valence-corrected chi connectivity index (χ1v) is 14.2. The van der Waals surface area contributed by atoms with Crippen LogP contribution in [0.4, 0.5) is 5.69 Å². The molecule has 1 aliphatic heterocycles. The number of hydrogen-bond acceptors (Lipinski definition) is 6. The first-order chi connectivity index (χ1) is 17.6. The molecule has 2 fully saturated rings. The van der Waals surface area contributed by atoms with E-state index >= 15 is 0 Å². The van der Waals surface area contributed by atoms with Crippen molar-refractivity contribution in [2.45, 2.75) is 78.7 Å². The lowest BCUT2D eigenvalue weighted by Gasteiger charge is -2.36. The van der Waals surface area contributed by atoms with Crippen LogP contribution in [-0.4, -0.2) is 62.6 Å². The molecule has 1 saturated carbocycles. The number of ether oxygens (including phenoxy) is 2. The maximum atomic E-state index is 14.2. The fraction of sp³-hybridized carbons (Fsp3) is 0.690. The van der Waals surface area contributed by atoms with Gasteiger partial charge >= 0.3 is 5.97 Å². The topological polar surface area (TPSA) is 76.2 Å². The Morgan fingerprint density at radius 1 is 1.14 bits per heavy atom. The molecule has 1 saturated heterocycles. The fourth-order valence-electron chi connectivity index (χ4n) is 5.00. The average molecular weight is 531 g/mol. The first kappa shape index (κ1) is 29.2. The second-order valence-electron chi connectivity index (χ2n) is 11.3. The molecular formula is C29H42N2O5S. The summed E-state index contributed by atoms with van der Waals surface area (Å²) in [5.41, 5.74) is 0.230. The van der Waals surface area contributed by atoms with Gasteiger partial charge in [-0.3, -0.25) is 14.5 Å². The van der Waals surface area contributed by atoms with E-state index < -0.39 is 12.0 Å². The molecule has 1 aromatic heterocycles. The molecule has 1 aromatic rings. The number of carbonyl (C=O) groups is 3. The molecule has 1 aliphatic carbocycles. The monoisotopic (exact) mass is 530 g/mol. The summed E-state index contributed by atoms with van der Waals surface area (Å²) >= 11 is 1.22. The van der Waals surface area contributed by atoms with Crippen molar-refractivity contribution in [3.05, 3.63) is 15.8 Å². The third kappa shape index (κ3) is 7.58. The van der Waals surface area contributed by atoms with Crippen LogP contribution in [0.3, 0.4) is 0 Å². The molecule has 0 N–H and O–H groups in total. The van der Waals surface area contributed by atoms with Crippen molar-refractivity contribution >= 4 is 34.8 Å². The number of esters is 1. The average Bonchev–Trinajstić information content (AvgIpc) is 3.20. The number of carbonyl (C=O) groups excluding carboxylic acids is 3. The predicted octanol–water partition coefficient (Wildman–Crippen LogP) is 5.12. The minimum absolute atomic E-state index is 0.0721. The number of rotatable bonds is 7. The number of likely N-dealkylation sites (tertiary alicyclic amines) is 1. The second kappa shape index (κ2) is 12.9. The first-order valence-electron chi connectivity index (χ1n) is 13.4. The Morgan fingerprint density at radius 3 is 2.46 bits per heavy atom. The van der Waals surface area contributed by atoms with Gasteiger partial charge in [-0.1, -0.05) is 18.8 Å². The van der Waals surface area contributed by atoms with Gasteiger partial charge in [0, 0.05) is 31.5 Å². The molecule has 37 heavy (non-hydrogen) atoms. The van der Waals surface area contributed by atoms with E-state index in [-0.39, 0.29) is 23.1 Å². The highest BCUT2D eigenvalue weighted by Crippen LogP contribution is 2.38. The highest BCUT2D eigenvalue weighted by Gasteiger charge is 2.40. The number of methoxy groups -OCH3 is 2. The maximum absolute atomic E-state index is 14.2. The zero-order valence-electron chi connectivity index (χ0n) is 23.2. The molecule has 0 aromatic carbocycles. The standard InChI is InChI=1S/C29H42N2O5S/c1-20-10-12-21(13-11-20)26(32)31(23-9-7-8-16-30(27(23)33)17-18-35-5)24-19-22(14-15-29(2,3)4)37-25(24)28(34)36-6/h19-21,23H,7-13,16-18H2,1-6H3/t20-,21-,23-/m0/s1. The third-order valence-electron chi connectivity index (χ3n) is 7.14. The summed E-state index contributed by atoms with van der Waals surface area (Å²) in [6.07, 6.45) is 5.79. The van der Waals surface area contributed by atoms with E-state index in [1.165, 1.54) is 18.4 Å². The number of amides is 2. The van der Waals surface area contributed by atoms with Crippen LogP contribution in [-0.2, 0) is 19.1 Å². The quantitative estimate of drug-likeness (QED) is 0.361. The van der Waals surface area contributed by atoms with Gasteiger partial charge in [0.1, 0.15) is 10.9 Å². The molecule has 3 rings (SSSR count). The SMILES string of the molecule is COCCN1CCCC[C@H](N(c2cc(C#CC(C)(C)C)sc2C(=O)OC)C(=O)[C@H]2CC[C@H](C)CC2)C1=O. The van der Waals surface area contributed by atoms with Crippen LogP contribution in [0.2, 0.25) is 0 Å². The van der Waals surface area contributed by atoms with Gasteiger partial charge in [0.15, 0.2) is 0 Å². The third-order valence-corrected chi connectivity index (χ3v) is 8.16. The molecule has 0 unspecified atom stereocenters. The Labute approximate surface area is 225 Å². The summed E-state index contributed by atoms with van der Waals surface area (Å²) in [5, 5.41) is 0. The van der Waals surface area contributed by atoms with Crippen molar-refractivity contribution in [3.63, 3.8) is 0 Å². The fourth-order valence-corrected chi connectivity index (χ4v) is 5.92. The molecule has 2 amide bonds. The van der Waals surface area contributed by atoms with E-state index in [9.17, 15) is 14.4 Å². The van der Waals surface area contributed by atoms with E-state index in [1.807, 2.05) is 20.8 Å². The number of anilines is 1. The lowest BCUT2D eigenvalue weighted by atomic mass is 9.82. The summed E-state index contributed by atoms with van der Waals surface area (Å²) in [4.78, 5) is 45.4. The van der Waals surface area contributed by atoms with Gasteiger partial charge in [-0.25, -0.2) is 4.79 Å². The maximum Gasteiger partial charge on any atom is 0.350 e.